The molecule has 0 heterocycles. The van der Waals surface area contributed by atoms with Gasteiger partial charge in [-0.25, -0.2) is 0 Å². The van der Waals surface area contributed by atoms with E-state index in [4.69, 9.17) is 11.5 Å². The number of benzene rings is 1. The zero-order valence-electron chi connectivity index (χ0n) is 8.39. The van der Waals surface area contributed by atoms with Gasteiger partial charge in [0.2, 0.25) is 0 Å². The van der Waals surface area contributed by atoms with Gasteiger partial charge in [-0.3, -0.25) is 0 Å². The second-order valence-electron chi connectivity index (χ2n) is 3.46. The number of aryl methyl sites for hydroxylation is 3. The van der Waals surface area contributed by atoms with Gasteiger partial charge in [-0.1, -0.05) is 17.7 Å². The zero-order chi connectivity index (χ0) is 10.0. The van der Waals surface area contributed by atoms with E-state index < -0.39 is 0 Å². The van der Waals surface area contributed by atoms with Crippen LogP contribution in [0.15, 0.2) is 18.0 Å². The van der Waals surface area contributed by atoms with E-state index in [9.17, 15) is 0 Å². The first-order valence-electron chi connectivity index (χ1n) is 4.31. The van der Waals surface area contributed by atoms with Crippen LogP contribution in [-0.2, 0) is 0 Å². The molecule has 0 aliphatic heterocycles. The first-order chi connectivity index (χ1) is 6.00. The SMILES string of the molecule is Cc1cc(C)c(C=C(N)N)c(C)c1. The normalized spacial score (nSPS) is 9.77. The van der Waals surface area contributed by atoms with Gasteiger partial charge < -0.3 is 11.5 Å². The van der Waals surface area contributed by atoms with E-state index in [2.05, 4.69) is 32.9 Å². The molecule has 2 heteroatoms. The molecule has 0 saturated heterocycles. The highest BCUT2D eigenvalue weighted by molar-refractivity contribution is 5.59. The lowest BCUT2D eigenvalue weighted by Gasteiger charge is -2.07. The molecule has 0 fully saturated rings. The van der Waals surface area contributed by atoms with E-state index in [1.54, 1.807) is 0 Å². The van der Waals surface area contributed by atoms with Crippen LogP contribution in [0.1, 0.15) is 22.3 Å². The smallest absolute Gasteiger partial charge is 0.0939 e. The van der Waals surface area contributed by atoms with Crippen LogP contribution in [0.25, 0.3) is 6.08 Å². The predicted octanol–water partition coefficient (Wildman–Crippen LogP) is 1.83. The second kappa shape index (κ2) is 3.52. The summed E-state index contributed by atoms with van der Waals surface area (Å²) in [6, 6.07) is 4.25. The van der Waals surface area contributed by atoms with Crippen molar-refractivity contribution in [2.24, 2.45) is 11.5 Å². The molecule has 0 radical (unpaired) electrons. The Bertz CT molecular complexity index is 324. The van der Waals surface area contributed by atoms with Crippen LogP contribution >= 0.6 is 0 Å². The fraction of sp³-hybridized carbons (Fsp3) is 0.273. The standard InChI is InChI=1S/C11H16N2/c1-7-4-8(2)10(6-11(12)13)9(3)5-7/h4-6H,12-13H2,1-3H3. The van der Waals surface area contributed by atoms with Crippen molar-refractivity contribution < 1.29 is 0 Å². The Morgan fingerprint density at radius 3 is 1.92 bits per heavy atom. The van der Waals surface area contributed by atoms with Crippen molar-refractivity contribution in [3.05, 3.63) is 40.2 Å². The summed E-state index contributed by atoms with van der Waals surface area (Å²) >= 11 is 0. The molecule has 70 valence electrons. The third-order valence-electron chi connectivity index (χ3n) is 2.05. The van der Waals surface area contributed by atoms with E-state index >= 15 is 0 Å². The van der Waals surface area contributed by atoms with Crippen molar-refractivity contribution in [3.8, 4) is 0 Å². The van der Waals surface area contributed by atoms with Gasteiger partial charge >= 0.3 is 0 Å². The third kappa shape index (κ3) is 2.25. The van der Waals surface area contributed by atoms with Crippen LogP contribution in [0, 0.1) is 20.8 Å². The van der Waals surface area contributed by atoms with E-state index in [0.717, 1.165) is 5.56 Å². The van der Waals surface area contributed by atoms with Crippen molar-refractivity contribution in [1.29, 1.82) is 0 Å². The van der Waals surface area contributed by atoms with Gasteiger partial charge in [0.15, 0.2) is 0 Å². The first kappa shape index (κ1) is 9.65. The topological polar surface area (TPSA) is 52.0 Å². The largest absolute Gasteiger partial charge is 0.386 e. The third-order valence-corrected chi connectivity index (χ3v) is 2.05. The Balaban J connectivity index is 3.29. The zero-order valence-corrected chi connectivity index (χ0v) is 8.39. The molecule has 0 unspecified atom stereocenters. The Morgan fingerprint density at radius 1 is 1.08 bits per heavy atom. The molecule has 1 aromatic rings. The minimum absolute atomic E-state index is 0.357. The molecule has 4 N–H and O–H groups in total. The number of nitrogens with two attached hydrogens (primary N) is 2. The highest BCUT2D eigenvalue weighted by atomic mass is 14.8. The first-order valence-corrected chi connectivity index (χ1v) is 4.31. The summed E-state index contributed by atoms with van der Waals surface area (Å²) in [7, 11) is 0. The van der Waals surface area contributed by atoms with Crippen molar-refractivity contribution in [2.45, 2.75) is 20.8 Å². The molecule has 0 atom stereocenters. The van der Waals surface area contributed by atoms with Crippen LogP contribution < -0.4 is 11.5 Å². The fourth-order valence-electron chi connectivity index (χ4n) is 1.59. The van der Waals surface area contributed by atoms with Gasteiger partial charge in [0.05, 0.1) is 5.82 Å². The molecular weight excluding hydrogens is 160 g/mol. The lowest BCUT2D eigenvalue weighted by Crippen LogP contribution is -2.07. The quantitative estimate of drug-likeness (QED) is 0.685. The summed E-state index contributed by atoms with van der Waals surface area (Å²) < 4.78 is 0. The van der Waals surface area contributed by atoms with Crippen molar-refractivity contribution in [1.82, 2.24) is 0 Å². The Kier molecular flexibility index (Phi) is 2.61. The van der Waals surface area contributed by atoms with Crippen molar-refractivity contribution in [2.75, 3.05) is 0 Å². The molecule has 13 heavy (non-hydrogen) atoms. The molecule has 1 aromatic carbocycles. The molecule has 0 amide bonds. The molecule has 0 aliphatic rings. The average molecular weight is 176 g/mol. The van der Waals surface area contributed by atoms with Crippen LogP contribution in [-0.4, -0.2) is 0 Å². The Labute approximate surface area is 79.2 Å². The Morgan fingerprint density at radius 2 is 1.54 bits per heavy atom. The minimum Gasteiger partial charge on any atom is -0.386 e. The summed E-state index contributed by atoms with van der Waals surface area (Å²) in [6.45, 7) is 6.21. The lowest BCUT2D eigenvalue weighted by molar-refractivity contribution is 1.25. The molecule has 1 rings (SSSR count). The molecule has 0 saturated carbocycles. The number of rotatable bonds is 1. The number of hydrogen-bond acceptors (Lipinski definition) is 2. The van der Waals surface area contributed by atoms with Crippen LogP contribution in [0.5, 0.6) is 0 Å². The van der Waals surface area contributed by atoms with E-state index in [0.29, 0.717) is 5.82 Å². The van der Waals surface area contributed by atoms with Gasteiger partial charge in [-0.05, 0) is 43.5 Å². The molecule has 2 nitrogen and oxygen atoms in total. The average Bonchev–Trinajstić information content (AvgIpc) is 1.96. The maximum absolute atomic E-state index is 5.44. The highest BCUT2D eigenvalue weighted by Gasteiger charge is 2.00. The molecule has 0 aliphatic carbocycles. The summed E-state index contributed by atoms with van der Waals surface area (Å²) in [5.41, 5.74) is 15.7. The van der Waals surface area contributed by atoms with Gasteiger partial charge in [-0.15, -0.1) is 0 Å². The van der Waals surface area contributed by atoms with Crippen LogP contribution in [0.4, 0.5) is 0 Å². The van der Waals surface area contributed by atoms with Gasteiger partial charge in [0, 0.05) is 0 Å². The molecule has 0 bridgehead atoms. The molecule has 0 spiro atoms. The maximum Gasteiger partial charge on any atom is 0.0939 e. The van der Waals surface area contributed by atoms with Crippen molar-refractivity contribution in [3.63, 3.8) is 0 Å². The van der Waals surface area contributed by atoms with E-state index in [1.807, 2.05) is 6.08 Å². The maximum atomic E-state index is 5.44. The summed E-state index contributed by atoms with van der Waals surface area (Å²) in [5, 5.41) is 0. The lowest BCUT2D eigenvalue weighted by atomic mass is 10.00. The number of hydrogen-bond donors (Lipinski definition) is 2. The molecular formula is C11H16N2. The summed E-state index contributed by atoms with van der Waals surface area (Å²) in [5.74, 6) is 0.357. The van der Waals surface area contributed by atoms with E-state index in [-0.39, 0.29) is 0 Å². The minimum atomic E-state index is 0.357. The van der Waals surface area contributed by atoms with Crippen LogP contribution in [0.3, 0.4) is 0 Å². The molecule has 0 aromatic heterocycles. The van der Waals surface area contributed by atoms with Gasteiger partial charge in [-0.2, -0.15) is 0 Å². The Hall–Kier alpha value is -1.44. The predicted molar refractivity (Wildman–Crippen MR) is 57.0 cm³/mol. The van der Waals surface area contributed by atoms with Crippen molar-refractivity contribution >= 4 is 6.08 Å². The summed E-state index contributed by atoms with van der Waals surface area (Å²) in [6.07, 6.45) is 1.81. The second-order valence-corrected chi connectivity index (χ2v) is 3.46. The van der Waals surface area contributed by atoms with Gasteiger partial charge in [0.25, 0.3) is 0 Å². The van der Waals surface area contributed by atoms with E-state index in [1.165, 1.54) is 16.7 Å². The van der Waals surface area contributed by atoms with Gasteiger partial charge in [0.1, 0.15) is 0 Å². The fourth-order valence-corrected chi connectivity index (χ4v) is 1.59. The van der Waals surface area contributed by atoms with Crippen LogP contribution in [0.2, 0.25) is 0 Å². The highest BCUT2D eigenvalue weighted by Crippen LogP contribution is 2.17. The summed E-state index contributed by atoms with van der Waals surface area (Å²) in [4.78, 5) is 0. The monoisotopic (exact) mass is 176 g/mol.